The Labute approximate surface area is 93.2 Å². The van der Waals surface area contributed by atoms with Gasteiger partial charge in [0.25, 0.3) is 0 Å². The van der Waals surface area contributed by atoms with Gasteiger partial charge in [-0.15, -0.1) is 0 Å². The summed E-state index contributed by atoms with van der Waals surface area (Å²) in [5.74, 6) is 1.65. The lowest BCUT2D eigenvalue weighted by Gasteiger charge is -2.03. The fourth-order valence-corrected chi connectivity index (χ4v) is 1.34. The molecule has 0 saturated heterocycles. The van der Waals surface area contributed by atoms with Gasteiger partial charge in [-0.2, -0.15) is 5.26 Å². The van der Waals surface area contributed by atoms with E-state index in [0.717, 1.165) is 18.8 Å². The van der Waals surface area contributed by atoms with Crippen LogP contribution in [0.25, 0.3) is 0 Å². The smallest absolute Gasteiger partial charge is 0.142 e. The van der Waals surface area contributed by atoms with E-state index in [0.29, 0.717) is 11.5 Å². The summed E-state index contributed by atoms with van der Waals surface area (Å²) in [4.78, 5) is 11.2. The highest BCUT2D eigenvalue weighted by Gasteiger charge is 1.97. The largest absolute Gasteiger partial charge is 0.370 e. The van der Waals surface area contributed by atoms with Crippen LogP contribution < -0.4 is 5.32 Å². The summed E-state index contributed by atoms with van der Waals surface area (Å²) in [6.45, 7) is 0.732. The van der Waals surface area contributed by atoms with Crippen LogP contribution >= 0.6 is 0 Å². The number of nitrogens with one attached hydrogen (secondary N) is 2. The van der Waals surface area contributed by atoms with Crippen molar-refractivity contribution in [3.63, 3.8) is 0 Å². The number of nitriles is 1. The molecule has 0 spiro atoms. The van der Waals surface area contributed by atoms with Gasteiger partial charge in [0.1, 0.15) is 23.4 Å². The Morgan fingerprint density at radius 2 is 2.38 bits per heavy atom. The summed E-state index contributed by atoms with van der Waals surface area (Å²) in [5.41, 5.74) is 0.419. The average Bonchev–Trinajstić information content (AvgIpc) is 2.82. The maximum atomic E-state index is 8.68. The number of H-pyrrole nitrogens is 1. The van der Waals surface area contributed by atoms with Gasteiger partial charge >= 0.3 is 0 Å². The number of aromatic nitrogens is 3. The molecule has 0 aromatic carbocycles. The lowest BCUT2D eigenvalue weighted by atomic mass is 10.3. The molecule has 0 saturated carbocycles. The van der Waals surface area contributed by atoms with Crippen molar-refractivity contribution in [1.82, 2.24) is 15.0 Å². The second-order valence-electron chi connectivity index (χ2n) is 3.23. The van der Waals surface area contributed by atoms with Crippen LogP contribution in [-0.2, 0) is 6.42 Å². The van der Waals surface area contributed by atoms with E-state index >= 15 is 0 Å². The molecule has 0 radical (unpaired) electrons. The predicted molar refractivity (Wildman–Crippen MR) is 59.7 cm³/mol. The minimum atomic E-state index is 0.419. The maximum absolute atomic E-state index is 8.68. The molecule has 0 amide bonds. The Balaban J connectivity index is 1.88. The third-order valence-corrected chi connectivity index (χ3v) is 2.09. The van der Waals surface area contributed by atoms with Gasteiger partial charge in [0.05, 0.1) is 0 Å². The van der Waals surface area contributed by atoms with Crippen molar-refractivity contribution in [2.45, 2.75) is 6.42 Å². The maximum Gasteiger partial charge on any atom is 0.142 e. The molecule has 16 heavy (non-hydrogen) atoms. The first-order valence-corrected chi connectivity index (χ1v) is 4.98. The van der Waals surface area contributed by atoms with Gasteiger partial charge in [-0.3, -0.25) is 0 Å². The molecular formula is C11H11N5. The van der Waals surface area contributed by atoms with Gasteiger partial charge < -0.3 is 10.3 Å². The van der Waals surface area contributed by atoms with Crippen molar-refractivity contribution >= 4 is 5.82 Å². The van der Waals surface area contributed by atoms with Crippen LogP contribution in [0, 0.1) is 11.3 Å². The third kappa shape index (κ3) is 2.58. The standard InChI is InChI=1S/C11H11N5/c12-8-9-2-1-3-11(16-9)13-5-4-10-14-6-7-15-10/h1-3,6-7H,4-5H2,(H,13,16)(H,14,15). The molecule has 0 atom stereocenters. The summed E-state index contributed by atoms with van der Waals surface area (Å²) < 4.78 is 0. The van der Waals surface area contributed by atoms with E-state index in [1.54, 1.807) is 24.5 Å². The zero-order chi connectivity index (χ0) is 11.2. The van der Waals surface area contributed by atoms with Crippen molar-refractivity contribution in [2.75, 3.05) is 11.9 Å². The molecular weight excluding hydrogens is 202 g/mol. The van der Waals surface area contributed by atoms with Crippen LogP contribution in [0.2, 0.25) is 0 Å². The summed E-state index contributed by atoms with van der Waals surface area (Å²) in [6, 6.07) is 7.32. The fraction of sp³-hybridized carbons (Fsp3) is 0.182. The van der Waals surface area contributed by atoms with Gasteiger partial charge in [-0.25, -0.2) is 9.97 Å². The summed E-state index contributed by atoms with van der Waals surface area (Å²) in [7, 11) is 0. The van der Waals surface area contributed by atoms with Gasteiger partial charge in [0, 0.05) is 25.4 Å². The van der Waals surface area contributed by atoms with E-state index in [1.165, 1.54) is 0 Å². The topological polar surface area (TPSA) is 77.4 Å². The molecule has 80 valence electrons. The lowest BCUT2D eigenvalue weighted by molar-refractivity contribution is 0.921. The highest BCUT2D eigenvalue weighted by molar-refractivity contribution is 5.38. The number of nitrogens with zero attached hydrogens (tertiary/aromatic N) is 3. The van der Waals surface area contributed by atoms with Crippen molar-refractivity contribution in [1.29, 1.82) is 5.26 Å². The molecule has 2 rings (SSSR count). The molecule has 2 aromatic heterocycles. The van der Waals surface area contributed by atoms with Crippen molar-refractivity contribution in [2.24, 2.45) is 0 Å². The Morgan fingerprint density at radius 1 is 1.44 bits per heavy atom. The normalized spacial score (nSPS) is 9.69. The zero-order valence-corrected chi connectivity index (χ0v) is 8.64. The Bertz CT molecular complexity index is 483. The van der Waals surface area contributed by atoms with Crippen LogP contribution in [0.5, 0.6) is 0 Å². The number of aromatic amines is 1. The van der Waals surface area contributed by atoms with Crippen LogP contribution in [0.3, 0.4) is 0 Å². The average molecular weight is 213 g/mol. The molecule has 0 aliphatic rings. The first-order chi connectivity index (χ1) is 7.88. The summed E-state index contributed by atoms with van der Waals surface area (Å²) in [6.07, 6.45) is 4.32. The minimum Gasteiger partial charge on any atom is -0.370 e. The first-order valence-electron chi connectivity index (χ1n) is 4.98. The van der Waals surface area contributed by atoms with E-state index in [2.05, 4.69) is 20.3 Å². The second-order valence-corrected chi connectivity index (χ2v) is 3.23. The van der Waals surface area contributed by atoms with Gasteiger partial charge in [0.15, 0.2) is 0 Å². The van der Waals surface area contributed by atoms with E-state index in [9.17, 15) is 0 Å². The number of hydrogen-bond donors (Lipinski definition) is 2. The molecule has 2 heterocycles. The summed E-state index contributed by atoms with van der Waals surface area (Å²) in [5, 5.41) is 11.8. The van der Waals surface area contributed by atoms with Crippen molar-refractivity contribution in [3.05, 3.63) is 42.1 Å². The number of imidazole rings is 1. The molecule has 5 nitrogen and oxygen atoms in total. The van der Waals surface area contributed by atoms with Crippen LogP contribution in [0.4, 0.5) is 5.82 Å². The van der Waals surface area contributed by atoms with Crippen molar-refractivity contribution < 1.29 is 0 Å². The molecule has 2 aromatic rings. The van der Waals surface area contributed by atoms with Crippen molar-refractivity contribution in [3.8, 4) is 6.07 Å². The van der Waals surface area contributed by atoms with Crippen LogP contribution in [-0.4, -0.2) is 21.5 Å². The third-order valence-electron chi connectivity index (χ3n) is 2.09. The molecule has 0 aliphatic carbocycles. The van der Waals surface area contributed by atoms with E-state index in [4.69, 9.17) is 5.26 Å². The molecule has 2 N–H and O–H groups in total. The predicted octanol–water partition coefficient (Wildman–Crippen LogP) is 1.33. The van der Waals surface area contributed by atoms with Gasteiger partial charge in [0.2, 0.25) is 0 Å². The Kier molecular flexibility index (Phi) is 3.14. The highest BCUT2D eigenvalue weighted by Crippen LogP contribution is 2.03. The minimum absolute atomic E-state index is 0.419. The summed E-state index contributed by atoms with van der Waals surface area (Å²) >= 11 is 0. The zero-order valence-electron chi connectivity index (χ0n) is 8.64. The van der Waals surface area contributed by atoms with Crippen LogP contribution in [0.15, 0.2) is 30.6 Å². The molecule has 0 bridgehead atoms. The number of rotatable bonds is 4. The number of anilines is 1. The monoisotopic (exact) mass is 213 g/mol. The first kappa shape index (κ1) is 10.2. The number of hydrogen-bond acceptors (Lipinski definition) is 4. The molecule has 0 unspecified atom stereocenters. The highest BCUT2D eigenvalue weighted by atomic mass is 15.0. The van der Waals surface area contributed by atoms with E-state index in [-0.39, 0.29) is 0 Å². The second kappa shape index (κ2) is 4.94. The van der Waals surface area contributed by atoms with Crippen LogP contribution in [0.1, 0.15) is 11.5 Å². The molecule has 0 fully saturated rings. The SMILES string of the molecule is N#Cc1cccc(NCCc2ncc[nH]2)n1. The molecule has 5 heteroatoms. The molecule has 0 aliphatic heterocycles. The Morgan fingerprint density at radius 3 is 3.12 bits per heavy atom. The fourth-order valence-electron chi connectivity index (χ4n) is 1.34. The van der Waals surface area contributed by atoms with Gasteiger partial charge in [-0.05, 0) is 12.1 Å². The number of pyridine rings is 1. The Hall–Kier alpha value is -2.35. The van der Waals surface area contributed by atoms with E-state index < -0.39 is 0 Å². The lowest BCUT2D eigenvalue weighted by Crippen LogP contribution is -2.07. The quantitative estimate of drug-likeness (QED) is 0.803. The van der Waals surface area contributed by atoms with Gasteiger partial charge in [-0.1, -0.05) is 6.07 Å². The van der Waals surface area contributed by atoms with E-state index in [1.807, 2.05) is 12.1 Å².